The maximum atomic E-state index is 12.8. The number of unbranched alkanes of at least 4 members (excludes halogenated alkanes) is 29. The summed E-state index contributed by atoms with van der Waals surface area (Å²) in [4.78, 5) is 25.5. The van der Waals surface area contributed by atoms with Crippen LogP contribution >= 0.6 is 0 Å². The first kappa shape index (κ1) is 63.3. The van der Waals surface area contributed by atoms with Crippen molar-refractivity contribution < 1.29 is 23.8 Å². The molecule has 0 N–H and O–H groups in total. The Kier molecular flexibility index (Phi) is 54.4. The lowest BCUT2D eigenvalue weighted by Gasteiger charge is -2.18. The minimum atomic E-state index is -0.570. The largest absolute Gasteiger partial charge is 0.462 e. The van der Waals surface area contributed by atoms with Gasteiger partial charge in [-0.2, -0.15) is 0 Å². The Morgan fingerprint density at radius 2 is 0.682 bits per heavy atom. The number of esters is 2. The third kappa shape index (κ3) is 54.0. The minimum Gasteiger partial charge on any atom is -0.462 e. The number of carbonyl (C=O) groups excluding carboxylic acids is 2. The lowest BCUT2D eigenvalue weighted by Crippen LogP contribution is -2.30. The Morgan fingerprint density at radius 3 is 1.11 bits per heavy atom. The summed E-state index contributed by atoms with van der Waals surface area (Å²) in [6.07, 6.45) is 73.6. The predicted molar refractivity (Wildman–Crippen MR) is 288 cm³/mol. The molecular formula is C61H108O5. The van der Waals surface area contributed by atoms with E-state index >= 15 is 0 Å². The molecule has 0 spiro atoms. The SMILES string of the molecule is CC/C=C\C/C=C\C/C=C\C/C=C\CCCOCC(COC(=O)CCCCCCCCCCC/C=C\CCCCCCCC)OC(=O)CCCCCCCCC/C=C\CCCCCCCC. The third-order valence-electron chi connectivity index (χ3n) is 12.2. The Labute approximate surface area is 410 Å². The second kappa shape index (κ2) is 56.7. The molecule has 1 unspecified atom stereocenters. The molecule has 0 aliphatic rings. The molecule has 382 valence electrons. The molecule has 0 saturated heterocycles. The first-order chi connectivity index (χ1) is 32.6. The summed E-state index contributed by atoms with van der Waals surface area (Å²) in [7, 11) is 0. The van der Waals surface area contributed by atoms with Gasteiger partial charge in [-0.1, -0.05) is 235 Å². The average Bonchev–Trinajstić information content (AvgIpc) is 3.32. The number of hydrogen-bond donors (Lipinski definition) is 0. The number of hydrogen-bond acceptors (Lipinski definition) is 5. The topological polar surface area (TPSA) is 61.8 Å². The molecular weight excluding hydrogens is 813 g/mol. The van der Waals surface area contributed by atoms with Gasteiger partial charge in [0.1, 0.15) is 6.61 Å². The first-order valence-corrected chi connectivity index (χ1v) is 28.5. The van der Waals surface area contributed by atoms with Crippen molar-refractivity contribution in [2.24, 2.45) is 0 Å². The highest BCUT2D eigenvalue weighted by atomic mass is 16.6. The molecule has 0 aromatic carbocycles. The van der Waals surface area contributed by atoms with Crippen LogP contribution < -0.4 is 0 Å². The van der Waals surface area contributed by atoms with Gasteiger partial charge < -0.3 is 14.2 Å². The Balaban J connectivity index is 4.31. The predicted octanol–water partition coefficient (Wildman–Crippen LogP) is 19.5. The van der Waals surface area contributed by atoms with Crippen molar-refractivity contribution in [3.8, 4) is 0 Å². The summed E-state index contributed by atoms with van der Waals surface area (Å²) in [5.41, 5.74) is 0. The van der Waals surface area contributed by atoms with Gasteiger partial charge >= 0.3 is 11.9 Å². The summed E-state index contributed by atoms with van der Waals surface area (Å²) in [6.45, 7) is 7.59. The Hall–Kier alpha value is -2.66. The van der Waals surface area contributed by atoms with Gasteiger partial charge in [0, 0.05) is 19.4 Å². The lowest BCUT2D eigenvalue weighted by atomic mass is 10.1. The Bertz CT molecular complexity index is 1180. The molecule has 0 aromatic heterocycles. The zero-order chi connectivity index (χ0) is 47.7. The third-order valence-corrected chi connectivity index (χ3v) is 12.2. The van der Waals surface area contributed by atoms with Gasteiger partial charge in [0.2, 0.25) is 0 Å². The zero-order valence-corrected chi connectivity index (χ0v) is 44.0. The van der Waals surface area contributed by atoms with Crippen molar-refractivity contribution in [2.75, 3.05) is 19.8 Å². The van der Waals surface area contributed by atoms with Crippen LogP contribution in [0.5, 0.6) is 0 Å². The summed E-state index contributed by atoms with van der Waals surface area (Å²) in [5.74, 6) is -0.427. The standard InChI is InChI=1S/C61H108O5/c1-4-7-10-13-16-19-22-25-28-30-31-33-34-36-39-42-45-48-51-54-60(62)65-58-59(57-64-56-53-50-47-44-41-38-27-24-21-18-15-12-9-6-3)66-61(63)55-52-49-46-43-40-37-35-32-29-26-23-20-17-14-11-8-5-2/h9,12,18,21,25-29,38,44,47,59H,4-8,10-11,13-17,19-20,22-24,30-37,39-43,45-46,48-58H2,1-3H3/b12-9-,21-18-,28-25-,29-26-,38-27-,47-44-. The summed E-state index contributed by atoms with van der Waals surface area (Å²) in [5, 5.41) is 0. The maximum absolute atomic E-state index is 12.8. The van der Waals surface area contributed by atoms with Crippen LogP contribution in [-0.4, -0.2) is 37.9 Å². The molecule has 5 heteroatoms. The maximum Gasteiger partial charge on any atom is 0.306 e. The van der Waals surface area contributed by atoms with Crippen LogP contribution in [-0.2, 0) is 23.8 Å². The van der Waals surface area contributed by atoms with Crippen LogP contribution in [0.25, 0.3) is 0 Å². The van der Waals surface area contributed by atoms with E-state index in [-0.39, 0.29) is 25.2 Å². The number of carbonyl (C=O) groups is 2. The van der Waals surface area contributed by atoms with Gasteiger partial charge in [-0.25, -0.2) is 0 Å². The quantitative estimate of drug-likeness (QED) is 0.0346. The van der Waals surface area contributed by atoms with E-state index in [9.17, 15) is 9.59 Å². The van der Waals surface area contributed by atoms with E-state index < -0.39 is 6.10 Å². The van der Waals surface area contributed by atoms with Crippen LogP contribution in [0.3, 0.4) is 0 Å². The van der Waals surface area contributed by atoms with Crippen molar-refractivity contribution in [1.29, 1.82) is 0 Å². The molecule has 0 saturated carbocycles. The van der Waals surface area contributed by atoms with Gasteiger partial charge in [-0.3, -0.25) is 9.59 Å². The van der Waals surface area contributed by atoms with E-state index in [1.165, 1.54) is 173 Å². The van der Waals surface area contributed by atoms with Crippen molar-refractivity contribution in [3.63, 3.8) is 0 Å². The van der Waals surface area contributed by atoms with Crippen molar-refractivity contribution >= 4 is 11.9 Å². The van der Waals surface area contributed by atoms with Crippen molar-refractivity contribution in [2.45, 2.75) is 284 Å². The average molecular weight is 922 g/mol. The minimum absolute atomic E-state index is 0.0601. The van der Waals surface area contributed by atoms with Gasteiger partial charge in [-0.05, 0) is 103 Å². The highest BCUT2D eigenvalue weighted by Crippen LogP contribution is 2.15. The fourth-order valence-electron chi connectivity index (χ4n) is 7.98. The van der Waals surface area contributed by atoms with E-state index in [0.717, 1.165) is 70.6 Å². The normalized spacial score (nSPS) is 12.7. The van der Waals surface area contributed by atoms with Gasteiger partial charge in [0.05, 0.1) is 6.61 Å². The van der Waals surface area contributed by atoms with Gasteiger partial charge in [-0.15, -0.1) is 0 Å². The van der Waals surface area contributed by atoms with Crippen molar-refractivity contribution in [3.05, 3.63) is 72.9 Å². The fourth-order valence-corrected chi connectivity index (χ4v) is 7.98. The highest BCUT2D eigenvalue weighted by molar-refractivity contribution is 5.70. The summed E-state index contributed by atoms with van der Waals surface area (Å²) in [6, 6.07) is 0. The van der Waals surface area contributed by atoms with E-state index in [1.807, 2.05) is 0 Å². The molecule has 5 nitrogen and oxygen atoms in total. The van der Waals surface area contributed by atoms with E-state index in [2.05, 4.69) is 93.7 Å². The van der Waals surface area contributed by atoms with E-state index in [4.69, 9.17) is 14.2 Å². The number of allylic oxidation sites excluding steroid dienone is 12. The molecule has 0 amide bonds. The van der Waals surface area contributed by atoms with Crippen molar-refractivity contribution in [1.82, 2.24) is 0 Å². The first-order valence-electron chi connectivity index (χ1n) is 28.5. The molecule has 0 aliphatic carbocycles. The molecule has 0 aliphatic heterocycles. The molecule has 0 bridgehead atoms. The van der Waals surface area contributed by atoms with E-state index in [1.54, 1.807) is 0 Å². The summed E-state index contributed by atoms with van der Waals surface area (Å²) < 4.78 is 17.4. The van der Waals surface area contributed by atoms with Gasteiger partial charge in [0.25, 0.3) is 0 Å². The second-order valence-corrected chi connectivity index (χ2v) is 18.8. The van der Waals surface area contributed by atoms with Crippen LogP contribution in [0.4, 0.5) is 0 Å². The highest BCUT2D eigenvalue weighted by Gasteiger charge is 2.17. The molecule has 0 aromatic rings. The Morgan fingerprint density at radius 1 is 0.348 bits per heavy atom. The van der Waals surface area contributed by atoms with Crippen LogP contribution in [0.1, 0.15) is 278 Å². The smallest absolute Gasteiger partial charge is 0.306 e. The zero-order valence-electron chi connectivity index (χ0n) is 44.0. The molecule has 0 fully saturated rings. The molecule has 66 heavy (non-hydrogen) atoms. The molecule has 0 heterocycles. The van der Waals surface area contributed by atoms with Crippen LogP contribution in [0.15, 0.2) is 72.9 Å². The van der Waals surface area contributed by atoms with E-state index in [0.29, 0.717) is 19.4 Å². The number of rotatable bonds is 52. The molecule has 1 atom stereocenters. The fraction of sp³-hybridized carbons (Fsp3) is 0.770. The molecule has 0 rings (SSSR count). The van der Waals surface area contributed by atoms with Gasteiger partial charge in [0.15, 0.2) is 6.10 Å². The van der Waals surface area contributed by atoms with Crippen LogP contribution in [0, 0.1) is 0 Å². The number of ether oxygens (including phenoxy) is 3. The molecule has 0 radical (unpaired) electrons. The lowest BCUT2D eigenvalue weighted by molar-refractivity contribution is -0.163. The van der Waals surface area contributed by atoms with Crippen LogP contribution in [0.2, 0.25) is 0 Å². The monoisotopic (exact) mass is 921 g/mol. The second-order valence-electron chi connectivity index (χ2n) is 18.8. The summed E-state index contributed by atoms with van der Waals surface area (Å²) >= 11 is 0.